The zero-order valence-corrected chi connectivity index (χ0v) is 12.6. The van der Waals surface area contributed by atoms with Gasteiger partial charge in [-0.25, -0.2) is 4.98 Å². The normalized spacial score (nSPS) is 11.3. The molecule has 17 heavy (non-hydrogen) atoms. The first-order chi connectivity index (χ1) is 8.15. The molecule has 92 valence electrons. The molecular formula is C13H17BrN2S. The van der Waals surface area contributed by atoms with Crippen LogP contribution in [-0.2, 0) is 0 Å². The first-order valence-corrected chi connectivity index (χ1v) is 7.56. The lowest BCUT2D eigenvalue weighted by molar-refractivity contribution is 0.567. The SMILES string of the molecule is CC(C)CCCNc1nc2cc(Br)ccc2s1. The molecule has 0 aliphatic carbocycles. The molecule has 1 aromatic carbocycles. The third-order valence-corrected chi connectivity index (χ3v) is 4.07. The van der Waals surface area contributed by atoms with Crippen LogP contribution < -0.4 is 5.32 Å². The van der Waals surface area contributed by atoms with Crippen molar-refractivity contribution in [2.75, 3.05) is 11.9 Å². The largest absolute Gasteiger partial charge is 0.361 e. The Morgan fingerprint density at radius 1 is 1.41 bits per heavy atom. The van der Waals surface area contributed by atoms with Gasteiger partial charge in [-0.15, -0.1) is 0 Å². The van der Waals surface area contributed by atoms with Gasteiger partial charge in [0.2, 0.25) is 0 Å². The zero-order chi connectivity index (χ0) is 12.3. The molecule has 0 bridgehead atoms. The molecule has 0 saturated carbocycles. The lowest BCUT2D eigenvalue weighted by atomic mass is 10.1. The average molecular weight is 313 g/mol. The molecule has 0 aliphatic heterocycles. The van der Waals surface area contributed by atoms with Crippen LogP contribution >= 0.6 is 27.3 Å². The molecule has 0 atom stereocenters. The summed E-state index contributed by atoms with van der Waals surface area (Å²) in [5, 5.41) is 4.43. The van der Waals surface area contributed by atoms with Crippen LogP contribution in [0.1, 0.15) is 26.7 Å². The van der Waals surface area contributed by atoms with E-state index in [0.29, 0.717) is 0 Å². The van der Waals surface area contributed by atoms with Gasteiger partial charge in [-0.05, 0) is 37.0 Å². The molecule has 2 nitrogen and oxygen atoms in total. The molecule has 0 unspecified atom stereocenters. The highest BCUT2D eigenvalue weighted by atomic mass is 79.9. The lowest BCUT2D eigenvalue weighted by Crippen LogP contribution is -2.02. The van der Waals surface area contributed by atoms with Crippen molar-refractivity contribution in [2.45, 2.75) is 26.7 Å². The van der Waals surface area contributed by atoms with Crippen molar-refractivity contribution in [1.82, 2.24) is 4.98 Å². The summed E-state index contributed by atoms with van der Waals surface area (Å²) in [5.74, 6) is 0.781. The molecule has 1 aromatic heterocycles. The molecule has 2 aromatic rings. The van der Waals surface area contributed by atoms with Crippen LogP contribution in [0.4, 0.5) is 5.13 Å². The maximum atomic E-state index is 4.57. The minimum absolute atomic E-state index is 0.781. The van der Waals surface area contributed by atoms with Gasteiger partial charge in [-0.2, -0.15) is 0 Å². The quantitative estimate of drug-likeness (QED) is 0.794. The molecule has 0 saturated heterocycles. The van der Waals surface area contributed by atoms with Crippen molar-refractivity contribution >= 4 is 42.6 Å². The van der Waals surface area contributed by atoms with Gasteiger partial charge >= 0.3 is 0 Å². The molecule has 4 heteroatoms. The van der Waals surface area contributed by atoms with Crippen molar-refractivity contribution in [2.24, 2.45) is 5.92 Å². The third kappa shape index (κ3) is 3.68. The van der Waals surface area contributed by atoms with E-state index in [1.165, 1.54) is 17.5 Å². The van der Waals surface area contributed by atoms with E-state index >= 15 is 0 Å². The predicted octanol–water partition coefficient (Wildman–Crippen LogP) is 4.91. The Bertz CT molecular complexity index is 493. The van der Waals surface area contributed by atoms with Crippen LogP contribution in [0.5, 0.6) is 0 Å². The molecule has 2 rings (SSSR count). The number of hydrogen-bond acceptors (Lipinski definition) is 3. The molecule has 1 N–H and O–H groups in total. The molecule has 0 spiro atoms. The van der Waals surface area contributed by atoms with E-state index in [1.807, 2.05) is 0 Å². The van der Waals surface area contributed by atoms with E-state index in [9.17, 15) is 0 Å². The number of nitrogens with one attached hydrogen (secondary N) is 1. The number of hydrogen-bond donors (Lipinski definition) is 1. The summed E-state index contributed by atoms with van der Waals surface area (Å²) in [6, 6.07) is 6.23. The highest BCUT2D eigenvalue weighted by Crippen LogP contribution is 2.28. The van der Waals surface area contributed by atoms with Crippen LogP contribution in [0.15, 0.2) is 22.7 Å². The Balaban J connectivity index is 1.95. The fourth-order valence-electron chi connectivity index (χ4n) is 1.68. The maximum absolute atomic E-state index is 4.57. The summed E-state index contributed by atoms with van der Waals surface area (Å²) in [5.41, 5.74) is 1.07. The molecule has 0 fully saturated rings. The van der Waals surface area contributed by atoms with Crippen molar-refractivity contribution in [3.8, 4) is 0 Å². The van der Waals surface area contributed by atoms with Crippen LogP contribution in [0.25, 0.3) is 10.2 Å². The van der Waals surface area contributed by atoms with Gasteiger partial charge < -0.3 is 5.32 Å². The van der Waals surface area contributed by atoms with Gasteiger partial charge in [0.25, 0.3) is 0 Å². The number of thiazole rings is 1. The summed E-state index contributed by atoms with van der Waals surface area (Å²) >= 11 is 5.19. The third-order valence-electron chi connectivity index (χ3n) is 2.58. The maximum Gasteiger partial charge on any atom is 0.183 e. The lowest BCUT2D eigenvalue weighted by Gasteiger charge is -2.04. The monoisotopic (exact) mass is 312 g/mol. The molecule has 1 heterocycles. The number of fused-ring (bicyclic) bond motifs is 1. The zero-order valence-electron chi connectivity index (χ0n) is 10.2. The Morgan fingerprint density at radius 2 is 2.24 bits per heavy atom. The van der Waals surface area contributed by atoms with Crippen molar-refractivity contribution in [3.63, 3.8) is 0 Å². The number of halogens is 1. The van der Waals surface area contributed by atoms with E-state index in [1.54, 1.807) is 11.3 Å². The second kappa shape index (κ2) is 5.83. The van der Waals surface area contributed by atoms with E-state index in [4.69, 9.17) is 0 Å². The number of aromatic nitrogens is 1. The fourth-order valence-corrected chi connectivity index (χ4v) is 2.90. The van der Waals surface area contributed by atoms with Crippen LogP contribution in [0, 0.1) is 5.92 Å². The summed E-state index contributed by atoms with van der Waals surface area (Å²) in [6.45, 7) is 5.53. The predicted molar refractivity (Wildman–Crippen MR) is 79.9 cm³/mol. The number of nitrogens with zero attached hydrogens (tertiary/aromatic N) is 1. The van der Waals surface area contributed by atoms with Gasteiger partial charge in [0.1, 0.15) is 0 Å². The van der Waals surface area contributed by atoms with Gasteiger partial charge in [0.15, 0.2) is 5.13 Å². The van der Waals surface area contributed by atoms with Crippen LogP contribution in [0.3, 0.4) is 0 Å². The summed E-state index contributed by atoms with van der Waals surface area (Å²) in [7, 11) is 0. The standard InChI is InChI=1S/C13H17BrN2S/c1-9(2)4-3-7-15-13-16-11-8-10(14)5-6-12(11)17-13/h5-6,8-9H,3-4,7H2,1-2H3,(H,15,16). The van der Waals surface area contributed by atoms with Gasteiger partial charge in [0, 0.05) is 11.0 Å². The van der Waals surface area contributed by atoms with Crippen molar-refractivity contribution in [1.29, 1.82) is 0 Å². The Morgan fingerprint density at radius 3 is 3.00 bits per heavy atom. The first kappa shape index (κ1) is 12.8. The average Bonchev–Trinajstić information content (AvgIpc) is 2.66. The number of rotatable bonds is 5. The highest BCUT2D eigenvalue weighted by Gasteiger charge is 2.03. The summed E-state index contributed by atoms with van der Waals surface area (Å²) in [4.78, 5) is 4.57. The van der Waals surface area contributed by atoms with Gasteiger partial charge in [-0.1, -0.05) is 41.1 Å². The van der Waals surface area contributed by atoms with Crippen LogP contribution in [0.2, 0.25) is 0 Å². The molecule has 0 amide bonds. The topological polar surface area (TPSA) is 24.9 Å². The Labute approximate surface area is 115 Å². The molecule has 0 radical (unpaired) electrons. The van der Waals surface area contributed by atoms with E-state index in [-0.39, 0.29) is 0 Å². The van der Waals surface area contributed by atoms with Crippen molar-refractivity contribution in [3.05, 3.63) is 22.7 Å². The van der Waals surface area contributed by atoms with E-state index in [2.05, 4.69) is 58.3 Å². The van der Waals surface area contributed by atoms with Crippen molar-refractivity contribution < 1.29 is 0 Å². The second-order valence-corrected chi connectivity index (χ2v) is 6.54. The van der Waals surface area contributed by atoms with E-state index < -0.39 is 0 Å². The Hall–Kier alpha value is -0.610. The minimum atomic E-state index is 0.781. The first-order valence-electron chi connectivity index (χ1n) is 5.95. The van der Waals surface area contributed by atoms with Gasteiger partial charge in [-0.3, -0.25) is 0 Å². The van der Waals surface area contributed by atoms with Gasteiger partial charge in [0.05, 0.1) is 10.2 Å². The Kier molecular flexibility index (Phi) is 4.40. The minimum Gasteiger partial charge on any atom is -0.361 e. The van der Waals surface area contributed by atoms with E-state index in [0.717, 1.165) is 27.6 Å². The summed E-state index contributed by atoms with van der Waals surface area (Å²) in [6.07, 6.45) is 2.47. The second-order valence-electron chi connectivity index (χ2n) is 4.59. The molecule has 0 aliphatic rings. The fraction of sp³-hybridized carbons (Fsp3) is 0.462. The van der Waals surface area contributed by atoms with Crippen LogP contribution in [-0.4, -0.2) is 11.5 Å². The smallest absolute Gasteiger partial charge is 0.183 e. The summed E-state index contributed by atoms with van der Waals surface area (Å²) < 4.78 is 2.32. The number of benzene rings is 1. The highest BCUT2D eigenvalue weighted by molar-refractivity contribution is 9.10. The number of anilines is 1. The molecular weight excluding hydrogens is 296 g/mol.